The fourth-order valence-corrected chi connectivity index (χ4v) is 3.19. The average molecular weight is 291 g/mol. The van der Waals surface area contributed by atoms with E-state index in [2.05, 4.69) is 25.1 Å². The quantitative estimate of drug-likeness (QED) is 0.572. The second-order valence-electron chi connectivity index (χ2n) is 4.41. The first-order valence-electron chi connectivity index (χ1n) is 6.05. The average Bonchev–Trinajstić information content (AvgIpc) is 2.37. The van der Waals surface area contributed by atoms with Crippen molar-refractivity contribution < 1.29 is 4.79 Å². The van der Waals surface area contributed by atoms with E-state index in [1.165, 1.54) is 18.1 Å². The number of Topliss-reactive ketones (excluding diaryl/α,β-unsaturated/α-hetero) is 1. The van der Waals surface area contributed by atoms with Crippen molar-refractivity contribution in [3.8, 4) is 0 Å². The standard InChI is InChI=1S/C16H15ClOS/c1-11-5-3-4-6-13(11)10-19-14-7-8-15(12(2)18)16(17)9-14/h3-9H,10H2,1-2H3. The molecule has 0 aromatic heterocycles. The maximum absolute atomic E-state index is 11.3. The number of halogens is 1. The zero-order valence-corrected chi connectivity index (χ0v) is 12.5. The van der Waals surface area contributed by atoms with Crippen LogP contribution in [0.25, 0.3) is 0 Å². The Morgan fingerprint density at radius 1 is 1.21 bits per heavy atom. The molecule has 0 heterocycles. The van der Waals surface area contributed by atoms with Gasteiger partial charge in [-0.05, 0) is 43.2 Å². The molecule has 0 aliphatic rings. The van der Waals surface area contributed by atoms with Crippen molar-refractivity contribution >= 4 is 29.1 Å². The van der Waals surface area contributed by atoms with Gasteiger partial charge in [0.05, 0.1) is 5.02 Å². The van der Waals surface area contributed by atoms with Crippen LogP contribution in [0.15, 0.2) is 47.4 Å². The molecule has 0 N–H and O–H groups in total. The Bertz CT molecular complexity index is 607. The van der Waals surface area contributed by atoms with Gasteiger partial charge in [-0.25, -0.2) is 0 Å². The number of rotatable bonds is 4. The molecular formula is C16H15ClOS. The van der Waals surface area contributed by atoms with E-state index in [4.69, 9.17) is 11.6 Å². The van der Waals surface area contributed by atoms with Crippen molar-refractivity contribution in [2.75, 3.05) is 0 Å². The van der Waals surface area contributed by atoms with Crippen molar-refractivity contribution in [1.82, 2.24) is 0 Å². The lowest BCUT2D eigenvalue weighted by atomic mass is 10.1. The number of ketones is 1. The van der Waals surface area contributed by atoms with E-state index >= 15 is 0 Å². The highest BCUT2D eigenvalue weighted by Gasteiger charge is 2.07. The van der Waals surface area contributed by atoms with Gasteiger partial charge in [0.1, 0.15) is 0 Å². The highest BCUT2D eigenvalue weighted by Crippen LogP contribution is 2.28. The number of carbonyl (C=O) groups excluding carboxylic acids is 1. The van der Waals surface area contributed by atoms with Crippen LogP contribution in [0.2, 0.25) is 5.02 Å². The normalized spacial score (nSPS) is 10.5. The van der Waals surface area contributed by atoms with E-state index < -0.39 is 0 Å². The zero-order valence-electron chi connectivity index (χ0n) is 10.9. The fourth-order valence-electron chi connectivity index (χ4n) is 1.80. The second kappa shape index (κ2) is 6.27. The lowest BCUT2D eigenvalue weighted by Crippen LogP contribution is -1.93. The molecular weight excluding hydrogens is 276 g/mol. The summed E-state index contributed by atoms with van der Waals surface area (Å²) >= 11 is 7.83. The molecule has 0 atom stereocenters. The van der Waals surface area contributed by atoms with Crippen LogP contribution in [-0.2, 0) is 5.75 Å². The molecule has 0 fully saturated rings. The summed E-state index contributed by atoms with van der Waals surface area (Å²) in [6, 6.07) is 13.9. The molecule has 0 saturated heterocycles. The predicted molar refractivity (Wildman–Crippen MR) is 82.2 cm³/mol. The number of hydrogen-bond acceptors (Lipinski definition) is 2. The summed E-state index contributed by atoms with van der Waals surface area (Å²) in [5.74, 6) is 0.906. The van der Waals surface area contributed by atoms with E-state index in [0.29, 0.717) is 10.6 Å². The number of thioether (sulfide) groups is 1. The molecule has 1 nitrogen and oxygen atoms in total. The van der Waals surface area contributed by atoms with E-state index in [1.807, 2.05) is 18.2 Å². The Kier molecular flexibility index (Phi) is 4.67. The van der Waals surface area contributed by atoms with Gasteiger partial charge in [0.15, 0.2) is 5.78 Å². The highest BCUT2D eigenvalue weighted by atomic mass is 35.5. The monoisotopic (exact) mass is 290 g/mol. The Hall–Kier alpha value is -1.25. The van der Waals surface area contributed by atoms with E-state index in [1.54, 1.807) is 17.8 Å². The van der Waals surface area contributed by atoms with Crippen LogP contribution in [0.4, 0.5) is 0 Å². The molecule has 0 aliphatic carbocycles. The molecule has 0 spiro atoms. The van der Waals surface area contributed by atoms with Gasteiger partial charge in [0.2, 0.25) is 0 Å². The molecule has 0 aliphatic heterocycles. The van der Waals surface area contributed by atoms with Crippen molar-refractivity contribution in [2.24, 2.45) is 0 Å². The molecule has 0 saturated carbocycles. The molecule has 0 radical (unpaired) electrons. The van der Waals surface area contributed by atoms with Gasteiger partial charge in [-0.3, -0.25) is 4.79 Å². The van der Waals surface area contributed by atoms with Crippen molar-refractivity contribution in [3.05, 3.63) is 64.2 Å². The van der Waals surface area contributed by atoms with Gasteiger partial charge in [0, 0.05) is 16.2 Å². The third-order valence-electron chi connectivity index (χ3n) is 2.98. The fraction of sp³-hybridized carbons (Fsp3) is 0.188. The summed E-state index contributed by atoms with van der Waals surface area (Å²) in [6.07, 6.45) is 0. The van der Waals surface area contributed by atoms with Crippen molar-refractivity contribution in [2.45, 2.75) is 24.5 Å². The lowest BCUT2D eigenvalue weighted by Gasteiger charge is -2.07. The first-order chi connectivity index (χ1) is 9.08. The summed E-state index contributed by atoms with van der Waals surface area (Å²) in [4.78, 5) is 12.4. The van der Waals surface area contributed by atoms with Gasteiger partial charge in [-0.2, -0.15) is 0 Å². The van der Waals surface area contributed by atoms with Gasteiger partial charge < -0.3 is 0 Å². The van der Waals surface area contributed by atoms with Crippen LogP contribution < -0.4 is 0 Å². The minimum Gasteiger partial charge on any atom is -0.294 e. The molecule has 0 amide bonds. The first kappa shape index (κ1) is 14.2. The molecule has 19 heavy (non-hydrogen) atoms. The molecule has 2 rings (SSSR count). The van der Waals surface area contributed by atoms with E-state index in [9.17, 15) is 4.79 Å². The smallest absolute Gasteiger partial charge is 0.161 e. The molecule has 2 aromatic carbocycles. The highest BCUT2D eigenvalue weighted by molar-refractivity contribution is 7.98. The van der Waals surface area contributed by atoms with Gasteiger partial charge in [-0.15, -0.1) is 11.8 Å². The van der Waals surface area contributed by atoms with Crippen molar-refractivity contribution in [3.63, 3.8) is 0 Å². The van der Waals surface area contributed by atoms with Gasteiger partial charge in [0.25, 0.3) is 0 Å². The number of benzene rings is 2. The largest absolute Gasteiger partial charge is 0.294 e. The number of carbonyl (C=O) groups is 1. The van der Waals surface area contributed by atoms with Crippen LogP contribution in [0, 0.1) is 6.92 Å². The summed E-state index contributed by atoms with van der Waals surface area (Å²) in [5.41, 5.74) is 3.20. The topological polar surface area (TPSA) is 17.1 Å². The number of hydrogen-bond donors (Lipinski definition) is 0. The first-order valence-corrected chi connectivity index (χ1v) is 7.42. The van der Waals surface area contributed by atoms with Crippen LogP contribution >= 0.6 is 23.4 Å². The van der Waals surface area contributed by atoms with E-state index in [0.717, 1.165) is 10.6 Å². The SMILES string of the molecule is CC(=O)c1ccc(SCc2ccccc2C)cc1Cl. The maximum Gasteiger partial charge on any atom is 0.161 e. The Morgan fingerprint density at radius 3 is 2.58 bits per heavy atom. The van der Waals surface area contributed by atoms with E-state index in [-0.39, 0.29) is 5.78 Å². The lowest BCUT2D eigenvalue weighted by molar-refractivity contribution is 0.101. The molecule has 2 aromatic rings. The third-order valence-corrected chi connectivity index (χ3v) is 4.33. The molecule has 3 heteroatoms. The minimum atomic E-state index is 0.000420. The predicted octanol–water partition coefficient (Wildman–Crippen LogP) is 5.14. The number of aryl methyl sites for hydroxylation is 1. The zero-order chi connectivity index (χ0) is 13.8. The summed E-state index contributed by atoms with van der Waals surface area (Å²) in [5, 5.41) is 0.530. The van der Waals surface area contributed by atoms with Gasteiger partial charge in [-0.1, -0.05) is 35.9 Å². The Labute approximate surface area is 123 Å². The third kappa shape index (κ3) is 3.62. The minimum absolute atomic E-state index is 0.000420. The van der Waals surface area contributed by atoms with Crippen LogP contribution in [0.5, 0.6) is 0 Å². The summed E-state index contributed by atoms with van der Waals surface area (Å²) < 4.78 is 0. The molecule has 0 unspecified atom stereocenters. The maximum atomic E-state index is 11.3. The van der Waals surface area contributed by atoms with Crippen molar-refractivity contribution in [1.29, 1.82) is 0 Å². The van der Waals surface area contributed by atoms with Crippen LogP contribution in [0.1, 0.15) is 28.4 Å². The second-order valence-corrected chi connectivity index (χ2v) is 5.87. The summed E-state index contributed by atoms with van der Waals surface area (Å²) in [6.45, 7) is 3.64. The Morgan fingerprint density at radius 2 is 1.95 bits per heavy atom. The summed E-state index contributed by atoms with van der Waals surface area (Å²) in [7, 11) is 0. The Balaban J connectivity index is 2.11. The van der Waals surface area contributed by atoms with Crippen LogP contribution in [-0.4, -0.2) is 5.78 Å². The molecule has 98 valence electrons. The van der Waals surface area contributed by atoms with Gasteiger partial charge >= 0.3 is 0 Å². The molecule has 0 bridgehead atoms. The van der Waals surface area contributed by atoms with Crippen LogP contribution in [0.3, 0.4) is 0 Å².